The Morgan fingerprint density at radius 3 is 2.32 bits per heavy atom. The number of carbonyl (C=O) groups excluding carboxylic acids is 1. The molecule has 0 unspecified atom stereocenters. The average molecular weight is 411 g/mol. The zero-order chi connectivity index (χ0) is 19.3. The predicted octanol–water partition coefficient (Wildman–Crippen LogP) is 1.73. The smallest absolute Gasteiger partial charge is 0.248 e. The first kappa shape index (κ1) is 21.8. The third-order valence-corrected chi connectivity index (χ3v) is 4.97. The summed E-state index contributed by atoms with van der Waals surface area (Å²) in [5, 5.41) is 10.7. The van der Waals surface area contributed by atoms with E-state index in [1.54, 1.807) is 32.2 Å². The molecule has 154 valence electrons. The molecule has 3 rings (SSSR count). The van der Waals surface area contributed by atoms with Crippen LogP contribution in [0.1, 0.15) is 18.4 Å². The SMILES string of the molecule is COc1cc(CNC(=O)C2(n3cccn3)CCNCC2)cc(OC)c1OC.Cl. The number of hydrogen-bond donors (Lipinski definition) is 2. The Morgan fingerprint density at radius 1 is 1.18 bits per heavy atom. The lowest BCUT2D eigenvalue weighted by Gasteiger charge is -2.36. The lowest BCUT2D eigenvalue weighted by Crippen LogP contribution is -2.54. The van der Waals surface area contributed by atoms with E-state index in [1.807, 2.05) is 24.4 Å². The van der Waals surface area contributed by atoms with Gasteiger partial charge in [-0.15, -0.1) is 12.4 Å². The number of methoxy groups -OCH3 is 3. The highest BCUT2D eigenvalue weighted by molar-refractivity contribution is 5.85. The van der Waals surface area contributed by atoms with Crippen LogP contribution in [0.4, 0.5) is 0 Å². The second kappa shape index (κ2) is 9.66. The Bertz CT molecular complexity index is 751. The Hall–Kier alpha value is -2.45. The standard InChI is InChI=1S/C19H26N4O4.ClH/c1-25-15-11-14(12-16(26-2)17(15)27-3)13-21-18(24)19(5-8-20-9-6-19)23-10-4-7-22-23;/h4,7,10-12,20H,5-6,8-9,13H2,1-3H3,(H,21,24);1H. The molecule has 0 saturated carbocycles. The van der Waals surface area contributed by atoms with Crippen LogP contribution in [0.15, 0.2) is 30.6 Å². The molecule has 0 atom stereocenters. The van der Waals surface area contributed by atoms with Gasteiger partial charge in [-0.1, -0.05) is 0 Å². The number of aromatic nitrogens is 2. The molecule has 0 radical (unpaired) electrons. The predicted molar refractivity (Wildman–Crippen MR) is 107 cm³/mol. The van der Waals surface area contributed by atoms with Gasteiger partial charge in [0.05, 0.1) is 21.3 Å². The van der Waals surface area contributed by atoms with Crippen molar-refractivity contribution in [2.45, 2.75) is 24.9 Å². The Labute approximate surface area is 170 Å². The molecular weight excluding hydrogens is 384 g/mol. The molecule has 1 aromatic carbocycles. The van der Waals surface area contributed by atoms with Gasteiger partial charge in [-0.05, 0) is 49.7 Å². The number of nitrogens with one attached hydrogen (secondary N) is 2. The minimum Gasteiger partial charge on any atom is -0.493 e. The van der Waals surface area contributed by atoms with E-state index >= 15 is 0 Å². The molecule has 2 heterocycles. The quantitative estimate of drug-likeness (QED) is 0.722. The summed E-state index contributed by atoms with van der Waals surface area (Å²) in [6.07, 6.45) is 4.94. The third-order valence-electron chi connectivity index (χ3n) is 4.97. The number of halogens is 1. The molecular formula is C19H27ClN4O4. The topological polar surface area (TPSA) is 86.6 Å². The van der Waals surface area contributed by atoms with Crippen LogP contribution in [-0.4, -0.2) is 50.1 Å². The summed E-state index contributed by atoms with van der Waals surface area (Å²) in [6, 6.07) is 5.52. The fraction of sp³-hybridized carbons (Fsp3) is 0.474. The van der Waals surface area contributed by atoms with Gasteiger partial charge < -0.3 is 24.8 Å². The summed E-state index contributed by atoms with van der Waals surface area (Å²) in [5.41, 5.74) is 0.192. The normalized spacial score (nSPS) is 15.2. The Kier molecular flexibility index (Phi) is 7.53. The van der Waals surface area contributed by atoms with Crippen molar-refractivity contribution in [3.63, 3.8) is 0 Å². The summed E-state index contributed by atoms with van der Waals surface area (Å²) >= 11 is 0. The number of benzene rings is 1. The summed E-state index contributed by atoms with van der Waals surface area (Å²) in [5.74, 6) is 1.61. The van der Waals surface area contributed by atoms with Crippen molar-refractivity contribution in [1.82, 2.24) is 20.4 Å². The van der Waals surface area contributed by atoms with Gasteiger partial charge in [-0.2, -0.15) is 5.10 Å². The zero-order valence-electron chi connectivity index (χ0n) is 16.4. The van der Waals surface area contributed by atoms with Crippen LogP contribution in [0.2, 0.25) is 0 Å². The summed E-state index contributed by atoms with van der Waals surface area (Å²) in [4.78, 5) is 13.1. The van der Waals surface area contributed by atoms with E-state index in [2.05, 4.69) is 15.7 Å². The third kappa shape index (κ3) is 4.18. The second-order valence-electron chi connectivity index (χ2n) is 6.45. The zero-order valence-corrected chi connectivity index (χ0v) is 17.2. The monoisotopic (exact) mass is 410 g/mol. The van der Waals surface area contributed by atoms with Crippen LogP contribution < -0.4 is 24.8 Å². The highest BCUT2D eigenvalue weighted by atomic mass is 35.5. The fourth-order valence-electron chi connectivity index (χ4n) is 3.51. The van der Waals surface area contributed by atoms with Crippen molar-refractivity contribution in [3.8, 4) is 17.2 Å². The van der Waals surface area contributed by atoms with Crippen LogP contribution in [0.5, 0.6) is 17.2 Å². The maximum Gasteiger partial charge on any atom is 0.248 e. The number of piperidine rings is 1. The van der Waals surface area contributed by atoms with E-state index in [0.29, 0.717) is 36.6 Å². The van der Waals surface area contributed by atoms with Crippen molar-refractivity contribution in [2.24, 2.45) is 0 Å². The molecule has 28 heavy (non-hydrogen) atoms. The maximum atomic E-state index is 13.1. The van der Waals surface area contributed by atoms with Crippen molar-refractivity contribution in [1.29, 1.82) is 0 Å². The van der Waals surface area contributed by atoms with E-state index in [1.165, 1.54) is 0 Å². The molecule has 1 saturated heterocycles. The molecule has 1 aliphatic rings. The average Bonchev–Trinajstić information content (AvgIpc) is 3.27. The minimum atomic E-state index is -0.671. The molecule has 1 fully saturated rings. The number of hydrogen-bond acceptors (Lipinski definition) is 6. The number of amides is 1. The van der Waals surface area contributed by atoms with Crippen molar-refractivity contribution in [3.05, 3.63) is 36.2 Å². The first-order valence-electron chi connectivity index (χ1n) is 8.92. The maximum absolute atomic E-state index is 13.1. The van der Waals surface area contributed by atoms with Crippen LogP contribution >= 0.6 is 12.4 Å². The molecule has 8 nitrogen and oxygen atoms in total. The first-order valence-corrected chi connectivity index (χ1v) is 8.92. The van der Waals surface area contributed by atoms with Gasteiger partial charge >= 0.3 is 0 Å². The second-order valence-corrected chi connectivity index (χ2v) is 6.45. The Balaban J connectivity index is 0.00000280. The molecule has 1 amide bonds. The molecule has 9 heteroatoms. The first-order chi connectivity index (χ1) is 13.1. The van der Waals surface area contributed by atoms with E-state index in [-0.39, 0.29) is 18.3 Å². The molecule has 0 bridgehead atoms. The summed E-state index contributed by atoms with van der Waals surface area (Å²) in [7, 11) is 4.70. The van der Waals surface area contributed by atoms with Crippen LogP contribution in [0.3, 0.4) is 0 Å². The largest absolute Gasteiger partial charge is 0.493 e. The van der Waals surface area contributed by atoms with Gasteiger partial charge in [0.1, 0.15) is 5.54 Å². The van der Waals surface area contributed by atoms with E-state index in [0.717, 1.165) is 18.7 Å². The van der Waals surface area contributed by atoms with Crippen molar-refractivity contribution in [2.75, 3.05) is 34.4 Å². The van der Waals surface area contributed by atoms with Gasteiger partial charge in [0.25, 0.3) is 0 Å². The highest BCUT2D eigenvalue weighted by Gasteiger charge is 2.41. The minimum absolute atomic E-state index is 0. The Morgan fingerprint density at radius 2 is 1.82 bits per heavy atom. The number of nitrogens with zero attached hydrogens (tertiary/aromatic N) is 2. The van der Waals surface area contributed by atoms with Crippen molar-refractivity contribution >= 4 is 18.3 Å². The molecule has 0 aliphatic carbocycles. The van der Waals surface area contributed by atoms with E-state index in [9.17, 15) is 4.79 Å². The molecule has 2 aromatic rings. The molecule has 1 aliphatic heterocycles. The van der Waals surface area contributed by atoms with E-state index < -0.39 is 5.54 Å². The van der Waals surface area contributed by atoms with Crippen LogP contribution in [0, 0.1) is 0 Å². The van der Waals surface area contributed by atoms with E-state index in [4.69, 9.17) is 14.2 Å². The van der Waals surface area contributed by atoms with Gasteiger partial charge in [-0.3, -0.25) is 9.48 Å². The molecule has 1 aromatic heterocycles. The molecule has 0 spiro atoms. The summed E-state index contributed by atoms with van der Waals surface area (Å²) in [6.45, 7) is 1.90. The lowest BCUT2D eigenvalue weighted by atomic mass is 9.87. The summed E-state index contributed by atoms with van der Waals surface area (Å²) < 4.78 is 17.9. The van der Waals surface area contributed by atoms with Gasteiger partial charge in [0, 0.05) is 18.9 Å². The molecule has 2 N–H and O–H groups in total. The van der Waals surface area contributed by atoms with Crippen LogP contribution in [-0.2, 0) is 16.9 Å². The number of rotatable bonds is 7. The van der Waals surface area contributed by atoms with Gasteiger partial charge in [0.2, 0.25) is 11.7 Å². The van der Waals surface area contributed by atoms with Gasteiger partial charge in [-0.25, -0.2) is 0 Å². The lowest BCUT2D eigenvalue weighted by molar-refractivity contribution is -0.132. The number of carbonyl (C=O) groups is 1. The van der Waals surface area contributed by atoms with Crippen LogP contribution in [0.25, 0.3) is 0 Å². The fourth-order valence-corrected chi connectivity index (χ4v) is 3.51. The van der Waals surface area contributed by atoms with Crippen molar-refractivity contribution < 1.29 is 19.0 Å². The van der Waals surface area contributed by atoms with Gasteiger partial charge in [0.15, 0.2) is 11.5 Å². The number of ether oxygens (including phenoxy) is 3. The highest BCUT2D eigenvalue weighted by Crippen LogP contribution is 2.38.